The van der Waals surface area contributed by atoms with Gasteiger partial charge in [0.1, 0.15) is 0 Å². The topological polar surface area (TPSA) is 24.9 Å². The summed E-state index contributed by atoms with van der Waals surface area (Å²) in [6.45, 7) is 7.94. The van der Waals surface area contributed by atoms with Crippen LogP contribution >= 0.6 is 11.3 Å². The molecule has 1 aromatic rings. The number of hydrogen-bond donors (Lipinski definition) is 1. The standard InChI is InChI=1S/C13H22N2S/c1-4-13(5-2)10(9-11(13)14-6-3)12-15-7-8-16-12/h7-8,10-11,14H,4-6,9H2,1-3H3. The summed E-state index contributed by atoms with van der Waals surface area (Å²) in [7, 11) is 0. The predicted molar refractivity (Wildman–Crippen MR) is 70.0 cm³/mol. The van der Waals surface area contributed by atoms with E-state index in [2.05, 4.69) is 36.5 Å². The van der Waals surface area contributed by atoms with Crippen LogP contribution in [0.2, 0.25) is 0 Å². The highest BCUT2D eigenvalue weighted by Gasteiger charge is 2.53. The number of hydrogen-bond acceptors (Lipinski definition) is 3. The van der Waals surface area contributed by atoms with Gasteiger partial charge in [0, 0.05) is 23.5 Å². The lowest BCUT2D eigenvalue weighted by Crippen LogP contribution is -2.58. The SMILES string of the molecule is CCNC1CC(c2nccs2)C1(CC)CC. The van der Waals surface area contributed by atoms with Gasteiger partial charge in [-0.1, -0.05) is 20.8 Å². The van der Waals surface area contributed by atoms with Crippen LogP contribution < -0.4 is 5.32 Å². The molecule has 2 atom stereocenters. The van der Waals surface area contributed by atoms with Crippen LogP contribution in [0.1, 0.15) is 51.0 Å². The van der Waals surface area contributed by atoms with Gasteiger partial charge in [-0.05, 0) is 31.2 Å². The Labute approximate surface area is 102 Å². The van der Waals surface area contributed by atoms with Crippen molar-refractivity contribution in [3.05, 3.63) is 16.6 Å². The molecule has 0 spiro atoms. The van der Waals surface area contributed by atoms with Crippen LogP contribution in [0.15, 0.2) is 11.6 Å². The van der Waals surface area contributed by atoms with E-state index < -0.39 is 0 Å². The molecule has 1 aliphatic rings. The molecule has 16 heavy (non-hydrogen) atoms. The summed E-state index contributed by atoms with van der Waals surface area (Å²) in [5, 5.41) is 7.09. The van der Waals surface area contributed by atoms with Crippen molar-refractivity contribution in [2.45, 2.75) is 52.0 Å². The minimum Gasteiger partial charge on any atom is -0.314 e. The third kappa shape index (κ3) is 1.70. The van der Waals surface area contributed by atoms with Crippen LogP contribution in [0, 0.1) is 5.41 Å². The molecular weight excluding hydrogens is 216 g/mol. The molecule has 2 unspecified atom stereocenters. The number of aromatic nitrogens is 1. The molecule has 0 radical (unpaired) electrons. The predicted octanol–water partition coefficient (Wildman–Crippen LogP) is 3.41. The molecule has 1 aromatic heterocycles. The van der Waals surface area contributed by atoms with Crippen molar-refractivity contribution in [1.82, 2.24) is 10.3 Å². The lowest BCUT2D eigenvalue weighted by atomic mass is 9.54. The van der Waals surface area contributed by atoms with Crippen molar-refractivity contribution < 1.29 is 0 Å². The Balaban J connectivity index is 2.17. The van der Waals surface area contributed by atoms with Crippen molar-refractivity contribution in [3.8, 4) is 0 Å². The van der Waals surface area contributed by atoms with Gasteiger partial charge in [0.25, 0.3) is 0 Å². The lowest BCUT2D eigenvalue weighted by molar-refractivity contribution is 0.0209. The molecule has 2 rings (SSSR count). The molecule has 1 heterocycles. The van der Waals surface area contributed by atoms with Gasteiger partial charge in [-0.25, -0.2) is 4.98 Å². The Hall–Kier alpha value is -0.410. The van der Waals surface area contributed by atoms with E-state index in [0.29, 0.717) is 17.4 Å². The minimum absolute atomic E-state index is 0.452. The van der Waals surface area contributed by atoms with E-state index in [1.54, 1.807) is 0 Å². The summed E-state index contributed by atoms with van der Waals surface area (Å²) in [5.74, 6) is 0.687. The normalized spacial score (nSPS) is 27.7. The fourth-order valence-corrected chi connectivity index (χ4v) is 4.19. The number of nitrogens with one attached hydrogen (secondary N) is 1. The Bertz CT molecular complexity index is 317. The second-order valence-corrected chi connectivity index (χ2v) is 5.64. The van der Waals surface area contributed by atoms with Crippen molar-refractivity contribution in [1.29, 1.82) is 0 Å². The molecule has 2 nitrogen and oxygen atoms in total. The zero-order valence-corrected chi connectivity index (χ0v) is 11.3. The van der Waals surface area contributed by atoms with E-state index in [1.165, 1.54) is 24.3 Å². The maximum Gasteiger partial charge on any atom is 0.0962 e. The highest BCUT2D eigenvalue weighted by atomic mass is 32.1. The molecule has 0 bridgehead atoms. The number of rotatable bonds is 5. The summed E-state index contributed by atoms with van der Waals surface area (Å²) in [6, 6.07) is 0.696. The van der Waals surface area contributed by atoms with Gasteiger partial charge in [-0.15, -0.1) is 11.3 Å². The second-order valence-electron chi connectivity index (χ2n) is 4.71. The van der Waals surface area contributed by atoms with Gasteiger partial charge in [0.05, 0.1) is 5.01 Å². The fraction of sp³-hybridized carbons (Fsp3) is 0.769. The van der Waals surface area contributed by atoms with Crippen molar-refractivity contribution in [3.63, 3.8) is 0 Å². The molecule has 1 fully saturated rings. The molecule has 0 saturated heterocycles. The van der Waals surface area contributed by atoms with Gasteiger partial charge in [0.2, 0.25) is 0 Å². The van der Waals surface area contributed by atoms with Crippen LogP contribution in [0.5, 0.6) is 0 Å². The Kier molecular flexibility index (Phi) is 3.65. The van der Waals surface area contributed by atoms with E-state index >= 15 is 0 Å². The monoisotopic (exact) mass is 238 g/mol. The molecule has 1 saturated carbocycles. The number of thiazole rings is 1. The average Bonchev–Trinajstić information content (AvgIpc) is 2.79. The summed E-state index contributed by atoms with van der Waals surface area (Å²) in [4.78, 5) is 4.51. The van der Waals surface area contributed by atoms with E-state index in [1.807, 2.05) is 17.5 Å². The van der Waals surface area contributed by atoms with Gasteiger partial charge < -0.3 is 5.32 Å². The Morgan fingerprint density at radius 2 is 2.19 bits per heavy atom. The van der Waals surface area contributed by atoms with Crippen molar-refractivity contribution >= 4 is 11.3 Å². The highest BCUT2D eigenvalue weighted by molar-refractivity contribution is 7.09. The van der Waals surface area contributed by atoms with E-state index in [0.717, 1.165) is 6.54 Å². The molecule has 0 amide bonds. The maximum absolute atomic E-state index is 4.51. The molecule has 0 aliphatic heterocycles. The lowest BCUT2D eigenvalue weighted by Gasteiger charge is -2.55. The Morgan fingerprint density at radius 1 is 1.44 bits per heavy atom. The summed E-state index contributed by atoms with van der Waals surface area (Å²) >= 11 is 1.82. The summed E-state index contributed by atoms with van der Waals surface area (Å²) in [5.41, 5.74) is 0.452. The molecule has 0 aromatic carbocycles. The number of nitrogens with zero attached hydrogens (tertiary/aromatic N) is 1. The van der Waals surface area contributed by atoms with Crippen LogP contribution in [-0.4, -0.2) is 17.6 Å². The third-order valence-electron chi connectivity index (χ3n) is 4.38. The van der Waals surface area contributed by atoms with Crippen LogP contribution in [0.4, 0.5) is 0 Å². The van der Waals surface area contributed by atoms with E-state index in [9.17, 15) is 0 Å². The van der Waals surface area contributed by atoms with Gasteiger partial charge in [0.15, 0.2) is 0 Å². The van der Waals surface area contributed by atoms with E-state index in [-0.39, 0.29) is 0 Å². The highest BCUT2D eigenvalue weighted by Crippen LogP contribution is 2.57. The first-order valence-electron chi connectivity index (χ1n) is 6.41. The quantitative estimate of drug-likeness (QED) is 0.850. The second kappa shape index (κ2) is 4.84. The van der Waals surface area contributed by atoms with Crippen LogP contribution in [-0.2, 0) is 0 Å². The maximum atomic E-state index is 4.51. The van der Waals surface area contributed by atoms with E-state index in [4.69, 9.17) is 0 Å². The average molecular weight is 238 g/mol. The van der Waals surface area contributed by atoms with Crippen molar-refractivity contribution in [2.24, 2.45) is 5.41 Å². The fourth-order valence-electron chi connectivity index (χ4n) is 3.31. The molecule has 90 valence electrons. The minimum atomic E-state index is 0.452. The smallest absolute Gasteiger partial charge is 0.0962 e. The Morgan fingerprint density at radius 3 is 2.69 bits per heavy atom. The molecule has 1 N–H and O–H groups in total. The summed E-state index contributed by atoms with van der Waals surface area (Å²) < 4.78 is 0. The zero-order chi connectivity index (χ0) is 11.6. The van der Waals surface area contributed by atoms with Crippen LogP contribution in [0.3, 0.4) is 0 Å². The summed E-state index contributed by atoms with van der Waals surface area (Å²) in [6.07, 6.45) is 5.72. The first-order chi connectivity index (χ1) is 7.78. The van der Waals surface area contributed by atoms with Gasteiger partial charge in [-0.2, -0.15) is 0 Å². The first kappa shape index (κ1) is 12.1. The third-order valence-corrected chi connectivity index (χ3v) is 5.27. The van der Waals surface area contributed by atoms with Crippen LogP contribution in [0.25, 0.3) is 0 Å². The van der Waals surface area contributed by atoms with Crippen molar-refractivity contribution in [2.75, 3.05) is 6.54 Å². The molecule has 1 aliphatic carbocycles. The molecular formula is C13H22N2S. The van der Waals surface area contributed by atoms with Gasteiger partial charge >= 0.3 is 0 Å². The molecule has 3 heteroatoms. The zero-order valence-electron chi connectivity index (χ0n) is 10.5. The largest absolute Gasteiger partial charge is 0.314 e. The van der Waals surface area contributed by atoms with Gasteiger partial charge in [-0.3, -0.25) is 0 Å². The first-order valence-corrected chi connectivity index (χ1v) is 7.29.